The van der Waals surface area contributed by atoms with E-state index in [9.17, 15) is 19.7 Å². The van der Waals surface area contributed by atoms with Crippen molar-refractivity contribution in [1.29, 1.82) is 0 Å². The number of nitro groups is 1. The minimum atomic E-state index is -0.810. The van der Waals surface area contributed by atoms with Gasteiger partial charge >= 0.3 is 5.97 Å². The van der Waals surface area contributed by atoms with Crippen molar-refractivity contribution in [3.8, 4) is 5.75 Å². The molecule has 1 aliphatic rings. The minimum Gasteiger partial charge on any atom is -0.484 e. The molecule has 26 heavy (non-hydrogen) atoms. The molecule has 0 saturated heterocycles. The van der Waals surface area contributed by atoms with Crippen molar-refractivity contribution < 1.29 is 24.0 Å². The van der Waals surface area contributed by atoms with E-state index in [-0.39, 0.29) is 31.2 Å². The number of nitrogens with zero attached hydrogens (tertiary/aromatic N) is 2. The zero-order valence-corrected chi connectivity index (χ0v) is 15.3. The van der Waals surface area contributed by atoms with E-state index in [1.165, 1.54) is 23.1 Å². The van der Waals surface area contributed by atoms with Crippen LogP contribution in [0.15, 0.2) is 18.2 Å². The number of hydrogen-bond donors (Lipinski definition) is 1. The number of likely N-dealkylation sites (N-methyl/N-ethyl adjacent to an activating group) is 1. The van der Waals surface area contributed by atoms with E-state index in [0.717, 1.165) is 0 Å². The summed E-state index contributed by atoms with van der Waals surface area (Å²) in [5, 5.41) is 13.9. The van der Waals surface area contributed by atoms with Crippen molar-refractivity contribution in [2.75, 3.05) is 25.1 Å². The summed E-state index contributed by atoms with van der Waals surface area (Å²) in [6, 6.07) is 3.31. The highest BCUT2D eigenvalue weighted by molar-refractivity contribution is 6.01. The Labute approximate surface area is 151 Å². The SMILES string of the molecule is CCOC(=O)CC(NC)C(=O)N1CC(C)(C)Oc2ccc([N+](=O)[O-])cc21. The fraction of sp³-hybridized carbons (Fsp3) is 0.529. The summed E-state index contributed by atoms with van der Waals surface area (Å²) in [6.45, 7) is 5.74. The molecule has 1 heterocycles. The summed E-state index contributed by atoms with van der Waals surface area (Å²) in [4.78, 5) is 36.8. The number of nitrogens with one attached hydrogen (secondary N) is 1. The van der Waals surface area contributed by atoms with Crippen LogP contribution in [-0.4, -0.2) is 48.6 Å². The first-order valence-electron chi connectivity index (χ1n) is 8.30. The topological polar surface area (TPSA) is 111 Å². The molecule has 1 aromatic rings. The van der Waals surface area contributed by atoms with Gasteiger partial charge in [-0.15, -0.1) is 0 Å². The standard InChI is InChI=1S/C17H23N3O6/c1-5-25-15(21)9-12(18-4)16(22)19-10-17(2,3)26-14-7-6-11(20(23)24)8-13(14)19/h6-8,12,18H,5,9-10H2,1-4H3. The van der Waals surface area contributed by atoms with E-state index >= 15 is 0 Å². The quantitative estimate of drug-likeness (QED) is 0.463. The van der Waals surface area contributed by atoms with Crippen molar-refractivity contribution in [1.82, 2.24) is 5.32 Å². The molecule has 1 unspecified atom stereocenters. The van der Waals surface area contributed by atoms with Crippen LogP contribution in [0.25, 0.3) is 0 Å². The molecule has 0 radical (unpaired) electrons. The number of hydrogen-bond acceptors (Lipinski definition) is 7. The van der Waals surface area contributed by atoms with Crippen molar-refractivity contribution in [3.63, 3.8) is 0 Å². The predicted molar refractivity (Wildman–Crippen MR) is 94.3 cm³/mol. The van der Waals surface area contributed by atoms with Crippen LogP contribution >= 0.6 is 0 Å². The molecule has 0 aliphatic carbocycles. The number of carbonyl (C=O) groups excluding carboxylic acids is 2. The number of carbonyl (C=O) groups is 2. The molecule has 0 fully saturated rings. The summed E-state index contributed by atoms with van der Waals surface area (Å²) in [6.07, 6.45) is -0.134. The molecule has 9 heteroatoms. The Morgan fingerprint density at radius 3 is 2.73 bits per heavy atom. The Balaban J connectivity index is 2.37. The number of esters is 1. The van der Waals surface area contributed by atoms with Gasteiger partial charge in [-0.05, 0) is 33.9 Å². The van der Waals surface area contributed by atoms with Gasteiger partial charge in [-0.2, -0.15) is 0 Å². The van der Waals surface area contributed by atoms with Gasteiger partial charge in [0.2, 0.25) is 5.91 Å². The van der Waals surface area contributed by atoms with Crippen LogP contribution in [0.5, 0.6) is 5.75 Å². The Morgan fingerprint density at radius 2 is 2.15 bits per heavy atom. The fourth-order valence-corrected chi connectivity index (χ4v) is 2.80. The molecule has 0 spiro atoms. The van der Waals surface area contributed by atoms with Gasteiger partial charge in [-0.25, -0.2) is 0 Å². The van der Waals surface area contributed by atoms with Gasteiger partial charge in [0, 0.05) is 12.1 Å². The summed E-state index contributed by atoms with van der Waals surface area (Å²) < 4.78 is 10.7. The monoisotopic (exact) mass is 365 g/mol. The molecular formula is C17H23N3O6. The number of benzene rings is 1. The van der Waals surface area contributed by atoms with Gasteiger partial charge < -0.3 is 19.7 Å². The van der Waals surface area contributed by atoms with Gasteiger partial charge in [-0.1, -0.05) is 0 Å². The third-order valence-corrected chi connectivity index (χ3v) is 3.96. The van der Waals surface area contributed by atoms with Crippen molar-refractivity contribution in [2.45, 2.75) is 38.8 Å². The molecule has 0 aromatic heterocycles. The van der Waals surface area contributed by atoms with E-state index in [1.807, 2.05) is 13.8 Å². The van der Waals surface area contributed by atoms with Crippen LogP contribution < -0.4 is 15.0 Å². The lowest BCUT2D eigenvalue weighted by atomic mass is 10.0. The number of anilines is 1. The summed E-state index contributed by atoms with van der Waals surface area (Å²) in [5.74, 6) is -0.489. The third-order valence-electron chi connectivity index (χ3n) is 3.96. The molecule has 1 N–H and O–H groups in total. The number of fused-ring (bicyclic) bond motifs is 1. The Morgan fingerprint density at radius 1 is 1.46 bits per heavy atom. The maximum absolute atomic E-state index is 13.0. The van der Waals surface area contributed by atoms with Crippen LogP contribution in [-0.2, 0) is 14.3 Å². The molecular weight excluding hydrogens is 342 g/mol. The highest BCUT2D eigenvalue weighted by atomic mass is 16.6. The van der Waals surface area contributed by atoms with E-state index in [0.29, 0.717) is 11.4 Å². The molecule has 9 nitrogen and oxygen atoms in total. The predicted octanol–water partition coefficient (Wildman–Crippen LogP) is 1.64. The summed E-state index contributed by atoms with van der Waals surface area (Å²) in [5.41, 5.74) is -0.509. The van der Waals surface area contributed by atoms with Crippen molar-refractivity contribution in [3.05, 3.63) is 28.3 Å². The average Bonchev–Trinajstić information content (AvgIpc) is 2.57. The Hall–Kier alpha value is -2.68. The third kappa shape index (κ3) is 4.29. The lowest BCUT2D eigenvalue weighted by Gasteiger charge is -2.40. The molecule has 142 valence electrons. The number of non-ortho nitro benzene ring substituents is 1. The molecule has 1 aromatic carbocycles. The van der Waals surface area contributed by atoms with Crippen LogP contribution in [0.3, 0.4) is 0 Å². The second-order valence-corrected chi connectivity index (χ2v) is 6.55. The number of rotatable bonds is 6. The molecule has 0 saturated carbocycles. The van der Waals surface area contributed by atoms with Crippen molar-refractivity contribution in [2.24, 2.45) is 0 Å². The maximum Gasteiger partial charge on any atom is 0.307 e. The number of ether oxygens (including phenoxy) is 2. The highest BCUT2D eigenvalue weighted by Gasteiger charge is 2.38. The van der Waals surface area contributed by atoms with Crippen LogP contribution in [0, 0.1) is 10.1 Å². The van der Waals surface area contributed by atoms with Gasteiger partial charge in [0.05, 0.1) is 36.2 Å². The van der Waals surface area contributed by atoms with Crippen LogP contribution in [0.4, 0.5) is 11.4 Å². The van der Waals surface area contributed by atoms with E-state index in [4.69, 9.17) is 9.47 Å². The first-order chi connectivity index (χ1) is 12.2. The number of amides is 1. The summed E-state index contributed by atoms with van der Waals surface area (Å²) in [7, 11) is 1.57. The highest BCUT2D eigenvalue weighted by Crippen LogP contribution is 2.39. The zero-order valence-electron chi connectivity index (χ0n) is 15.3. The van der Waals surface area contributed by atoms with Crippen molar-refractivity contribution >= 4 is 23.3 Å². The van der Waals surface area contributed by atoms with Gasteiger partial charge in [0.25, 0.3) is 5.69 Å². The minimum absolute atomic E-state index is 0.134. The zero-order chi connectivity index (χ0) is 19.5. The lowest BCUT2D eigenvalue weighted by Crippen LogP contribution is -2.54. The van der Waals surface area contributed by atoms with E-state index in [1.54, 1.807) is 14.0 Å². The van der Waals surface area contributed by atoms with E-state index < -0.39 is 22.5 Å². The lowest BCUT2D eigenvalue weighted by molar-refractivity contribution is -0.384. The van der Waals surface area contributed by atoms with Gasteiger partial charge in [0.15, 0.2) is 0 Å². The molecule has 1 atom stereocenters. The van der Waals surface area contributed by atoms with Crippen LogP contribution in [0.2, 0.25) is 0 Å². The fourth-order valence-electron chi connectivity index (χ4n) is 2.80. The molecule has 0 bridgehead atoms. The first-order valence-corrected chi connectivity index (χ1v) is 8.30. The molecule has 2 rings (SSSR count). The van der Waals surface area contributed by atoms with Gasteiger partial charge in [0.1, 0.15) is 11.4 Å². The second-order valence-electron chi connectivity index (χ2n) is 6.55. The normalized spacial score (nSPS) is 16.2. The first kappa shape index (κ1) is 19.6. The summed E-state index contributed by atoms with van der Waals surface area (Å²) >= 11 is 0. The van der Waals surface area contributed by atoms with Gasteiger partial charge in [-0.3, -0.25) is 19.7 Å². The largest absolute Gasteiger partial charge is 0.484 e. The molecule has 1 amide bonds. The van der Waals surface area contributed by atoms with Crippen LogP contribution in [0.1, 0.15) is 27.2 Å². The number of nitro benzene ring substituents is 1. The maximum atomic E-state index is 13.0. The van der Waals surface area contributed by atoms with E-state index in [2.05, 4.69) is 5.32 Å². The Bertz CT molecular complexity index is 718. The Kier molecular flexibility index (Phi) is 5.81. The molecule has 1 aliphatic heterocycles. The average molecular weight is 365 g/mol. The smallest absolute Gasteiger partial charge is 0.307 e. The second kappa shape index (κ2) is 7.69.